The van der Waals surface area contributed by atoms with Crippen molar-refractivity contribution in [3.8, 4) is 6.07 Å². The van der Waals surface area contributed by atoms with Gasteiger partial charge in [0.05, 0.1) is 17.4 Å². The molecule has 1 aromatic carbocycles. The van der Waals surface area contributed by atoms with Crippen molar-refractivity contribution in [1.82, 2.24) is 0 Å². The number of aliphatic imine (C=N–C) groups is 1. The van der Waals surface area contributed by atoms with Crippen LogP contribution in [0, 0.1) is 18.3 Å². The lowest BCUT2D eigenvalue weighted by atomic mass is 10.1. The van der Waals surface area contributed by atoms with Crippen LogP contribution in [-0.4, -0.2) is 25.5 Å². The van der Waals surface area contributed by atoms with E-state index in [9.17, 15) is 4.79 Å². The highest BCUT2D eigenvalue weighted by Crippen LogP contribution is 2.24. The molecule has 3 rings (SSSR count). The summed E-state index contributed by atoms with van der Waals surface area (Å²) in [6.45, 7) is 2.68. The van der Waals surface area contributed by atoms with Crippen molar-refractivity contribution in [2.24, 2.45) is 4.99 Å². The van der Waals surface area contributed by atoms with E-state index >= 15 is 0 Å². The second-order valence-electron chi connectivity index (χ2n) is 5.67. The van der Waals surface area contributed by atoms with Crippen LogP contribution < -0.4 is 4.90 Å². The molecule has 0 bridgehead atoms. The zero-order valence-corrected chi connectivity index (χ0v) is 14.8. The standard InChI is InChI=1S/C19H17N3O2S/c1-13-4-9-17(25-13)18-21-16(19(23)24-18)12-14-5-7-15(8-6-14)22(2)11-3-10-20/h4-9,12H,3,11H2,1-2H3/b16-12-. The van der Waals surface area contributed by atoms with E-state index < -0.39 is 5.97 Å². The van der Waals surface area contributed by atoms with E-state index in [1.807, 2.05) is 55.3 Å². The Labute approximate surface area is 150 Å². The van der Waals surface area contributed by atoms with Gasteiger partial charge in [-0.3, -0.25) is 0 Å². The Balaban J connectivity index is 1.77. The summed E-state index contributed by atoms with van der Waals surface area (Å²) in [6.07, 6.45) is 2.20. The minimum atomic E-state index is -0.434. The van der Waals surface area contributed by atoms with E-state index in [0.717, 1.165) is 21.0 Å². The van der Waals surface area contributed by atoms with Gasteiger partial charge in [-0.05, 0) is 42.8 Å². The van der Waals surface area contributed by atoms with Gasteiger partial charge in [0.2, 0.25) is 5.90 Å². The van der Waals surface area contributed by atoms with Gasteiger partial charge in [0.15, 0.2) is 5.70 Å². The van der Waals surface area contributed by atoms with Gasteiger partial charge in [-0.1, -0.05) is 12.1 Å². The molecule has 1 aromatic heterocycles. The second kappa shape index (κ2) is 7.32. The lowest BCUT2D eigenvalue weighted by molar-refractivity contribution is -0.129. The highest BCUT2D eigenvalue weighted by Gasteiger charge is 2.24. The summed E-state index contributed by atoms with van der Waals surface area (Å²) in [5, 5.41) is 8.66. The fourth-order valence-electron chi connectivity index (χ4n) is 2.39. The summed E-state index contributed by atoms with van der Waals surface area (Å²) in [5.41, 5.74) is 2.19. The number of carbonyl (C=O) groups excluding carboxylic acids is 1. The molecule has 0 amide bonds. The molecule has 6 heteroatoms. The van der Waals surface area contributed by atoms with E-state index in [1.165, 1.54) is 0 Å². The number of aryl methyl sites for hydroxylation is 1. The smallest absolute Gasteiger partial charge is 0.363 e. The van der Waals surface area contributed by atoms with Gasteiger partial charge < -0.3 is 9.64 Å². The third kappa shape index (κ3) is 3.95. The van der Waals surface area contributed by atoms with E-state index in [4.69, 9.17) is 10.00 Å². The second-order valence-corrected chi connectivity index (χ2v) is 6.96. The van der Waals surface area contributed by atoms with Crippen LogP contribution in [0.5, 0.6) is 0 Å². The first kappa shape index (κ1) is 16.9. The molecule has 1 aliphatic rings. The summed E-state index contributed by atoms with van der Waals surface area (Å²) in [6, 6.07) is 13.8. The molecule has 0 spiro atoms. The average molecular weight is 351 g/mol. The molecule has 0 saturated carbocycles. The fraction of sp³-hybridized carbons (Fsp3) is 0.211. The first-order valence-corrected chi connectivity index (χ1v) is 8.66. The topological polar surface area (TPSA) is 65.7 Å². The van der Waals surface area contributed by atoms with Gasteiger partial charge >= 0.3 is 5.97 Å². The minimum absolute atomic E-state index is 0.298. The van der Waals surface area contributed by atoms with Crippen LogP contribution in [0.25, 0.3) is 6.08 Å². The fourth-order valence-corrected chi connectivity index (χ4v) is 3.19. The molecule has 0 atom stereocenters. The summed E-state index contributed by atoms with van der Waals surface area (Å²) in [4.78, 5) is 20.3. The maximum absolute atomic E-state index is 12.0. The van der Waals surface area contributed by atoms with Crippen molar-refractivity contribution in [2.45, 2.75) is 13.3 Å². The number of hydrogen-bond donors (Lipinski definition) is 0. The third-order valence-corrected chi connectivity index (χ3v) is 4.76. The van der Waals surface area contributed by atoms with Gasteiger partial charge in [-0.25, -0.2) is 9.79 Å². The number of esters is 1. The maximum atomic E-state index is 12.0. The summed E-state index contributed by atoms with van der Waals surface area (Å²) in [5.74, 6) is -0.0709. The Morgan fingerprint density at radius 2 is 2.04 bits per heavy atom. The van der Waals surface area contributed by atoms with Gasteiger partial charge in [-0.15, -0.1) is 11.3 Å². The molecule has 5 nitrogen and oxygen atoms in total. The highest BCUT2D eigenvalue weighted by atomic mass is 32.1. The monoisotopic (exact) mass is 351 g/mol. The molecular weight excluding hydrogens is 334 g/mol. The first-order valence-electron chi connectivity index (χ1n) is 7.84. The number of nitrogens with zero attached hydrogens (tertiary/aromatic N) is 3. The SMILES string of the molecule is Cc1ccc(C2=N/C(=C\c3ccc(N(C)CCC#N)cc3)C(=O)O2)s1. The number of rotatable bonds is 5. The van der Waals surface area contributed by atoms with Crippen LogP contribution in [0.2, 0.25) is 0 Å². The van der Waals surface area contributed by atoms with Crippen molar-refractivity contribution in [2.75, 3.05) is 18.5 Å². The molecule has 2 aromatic rings. The quantitative estimate of drug-likeness (QED) is 0.608. The number of carbonyl (C=O) groups is 1. The van der Waals surface area contributed by atoms with E-state index in [-0.39, 0.29) is 0 Å². The van der Waals surface area contributed by atoms with Crippen LogP contribution in [0.3, 0.4) is 0 Å². The van der Waals surface area contributed by atoms with Gasteiger partial charge in [0.25, 0.3) is 0 Å². The molecule has 0 N–H and O–H groups in total. The number of benzene rings is 1. The molecule has 0 aliphatic carbocycles. The number of thiophene rings is 1. The van der Waals surface area contributed by atoms with E-state index in [2.05, 4.69) is 11.1 Å². The van der Waals surface area contributed by atoms with Crippen molar-refractivity contribution < 1.29 is 9.53 Å². The summed E-state index contributed by atoms with van der Waals surface area (Å²) >= 11 is 1.54. The zero-order valence-electron chi connectivity index (χ0n) is 14.0. The maximum Gasteiger partial charge on any atom is 0.363 e. The Bertz CT molecular complexity index is 888. The Hall–Kier alpha value is -2.91. The van der Waals surface area contributed by atoms with Crippen LogP contribution in [0.4, 0.5) is 5.69 Å². The van der Waals surface area contributed by atoms with Crippen molar-refractivity contribution >= 4 is 35.0 Å². The molecule has 0 fully saturated rings. The van der Waals surface area contributed by atoms with Crippen LogP contribution in [0.1, 0.15) is 21.7 Å². The predicted molar refractivity (Wildman–Crippen MR) is 99.6 cm³/mol. The molecule has 0 saturated heterocycles. The summed E-state index contributed by atoms with van der Waals surface area (Å²) < 4.78 is 5.27. The Morgan fingerprint density at radius 1 is 1.28 bits per heavy atom. The summed E-state index contributed by atoms with van der Waals surface area (Å²) in [7, 11) is 1.94. The largest absolute Gasteiger partial charge is 0.401 e. The van der Waals surface area contributed by atoms with Gasteiger partial charge in [-0.2, -0.15) is 5.26 Å². The molecule has 126 valence electrons. The Morgan fingerprint density at radius 3 is 2.68 bits per heavy atom. The third-order valence-electron chi connectivity index (χ3n) is 3.77. The van der Waals surface area contributed by atoms with Crippen LogP contribution in [0.15, 0.2) is 47.1 Å². The molecule has 1 aliphatic heterocycles. The predicted octanol–water partition coefficient (Wildman–Crippen LogP) is 3.75. The normalized spacial score (nSPS) is 15.0. The Kier molecular flexibility index (Phi) is 4.96. The first-order chi connectivity index (χ1) is 12.1. The van der Waals surface area contributed by atoms with Crippen molar-refractivity contribution in [1.29, 1.82) is 5.26 Å². The van der Waals surface area contributed by atoms with Gasteiger partial charge in [0, 0.05) is 24.2 Å². The number of cyclic esters (lactones) is 1. The molecular formula is C19H17N3O2S. The van der Waals surface area contributed by atoms with Crippen LogP contribution in [-0.2, 0) is 9.53 Å². The lowest BCUT2D eigenvalue weighted by Gasteiger charge is -2.17. The van der Waals surface area contributed by atoms with Crippen molar-refractivity contribution in [3.05, 3.63) is 57.4 Å². The lowest BCUT2D eigenvalue weighted by Crippen LogP contribution is -2.17. The highest BCUT2D eigenvalue weighted by molar-refractivity contribution is 7.14. The minimum Gasteiger partial charge on any atom is -0.401 e. The van der Waals surface area contributed by atoms with E-state index in [0.29, 0.717) is 24.6 Å². The number of nitriles is 1. The molecule has 2 heterocycles. The molecule has 25 heavy (non-hydrogen) atoms. The average Bonchev–Trinajstić information content (AvgIpc) is 3.19. The van der Waals surface area contributed by atoms with Crippen LogP contribution >= 0.6 is 11.3 Å². The van der Waals surface area contributed by atoms with Crippen molar-refractivity contribution in [3.63, 3.8) is 0 Å². The molecule has 0 radical (unpaired) electrons. The molecule has 0 unspecified atom stereocenters. The number of hydrogen-bond acceptors (Lipinski definition) is 6. The number of anilines is 1. The zero-order chi connectivity index (χ0) is 17.8. The number of ether oxygens (including phenoxy) is 1. The van der Waals surface area contributed by atoms with Gasteiger partial charge in [0.1, 0.15) is 0 Å². The van der Waals surface area contributed by atoms with E-state index in [1.54, 1.807) is 17.4 Å².